The third-order valence-electron chi connectivity index (χ3n) is 3.15. The van der Waals surface area contributed by atoms with Crippen molar-refractivity contribution in [3.63, 3.8) is 0 Å². The molecule has 108 valence electrons. The molecule has 1 fully saturated rings. The Kier molecular flexibility index (Phi) is 5.31. The normalized spacial score (nSPS) is 18.6. The van der Waals surface area contributed by atoms with E-state index in [1.165, 1.54) is 4.90 Å². The van der Waals surface area contributed by atoms with Crippen LogP contribution in [0.4, 0.5) is 5.69 Å². The molecule has 1 aliphatic heterocycles. The molecule has 0 bridgehead atoms. The van der Waals surface area contributed by atoms with Crippen molar-refractivity contribution in [2.24, 2.45) is 0 Å². The van der Waals surface area contributed by atoms with Gasteiger partial charge in [-0.3, -0.25) is 9.59 Å². The largest absolute Gasteiger partial charge is 0.480 e. The first-order valence-electron chi connectivity index (χ1n) is 6.48. The molecule has 4 nitrogen and oxygen atoms in total. The van der Waals surface area contributed by atoms with Crippen LogP contribution in [-0.2, 0) is 9.59 Å². The zero-order valence-corrected chi connectivity index (χ0v) is 12.5. The second kappa shape index (κ2) is 6.99. The summed E-state index contributed by atoms with van der Waals surface area (Å²) in [7, 11) is 0. The number of halogens is 1. The first-order chi connectivity index (χ1) is 9.58. The van der Waals surface area contributed by atoms with E-state index in [-0.39, 0.29) is 17.7 Å². The van der Waals surface area contributed by atoms with Gasteiger partial charge in [-0.1, -0.05) is 18.0 Å². The summed E-state index contributed by atoms with van der Waals surface area (Å²) >= 11 is 7.44. The van der Waals surface area contributed by atoms with E-state index < -0.39 is 5.97 Å². The summed E-state index contributed by atoms with van der Waals surface area (Å²) in [5.74, 6) is -0.189. The Bertz CT molecular complexity index is 486. The fourth-order valence-corrected chi connectivity index (χ4v) is 3.55. The fraction of sp³-hybridized carbons (Fsp3) is 0.429. The number of anilines is 1. The summed E-state index contributed by atoms with van der Waals surface area (Å²) < 4.78 is 0. The van der Waals surface area contributed by atoms with Gasteiger partial charge >= 0.3 is 5.97 Å². The van der Waals surface area contributed by atoms with E-state index in [4.69, 9.17) is 16.7 Å². The summed E-state index contributed by atoms with van der Waals surface area (Å²) in [6.07, 6.45) is 2.95. The lowest BCUT2D eigenvalue weighted by molar-refractivity contribution is -0.136. The van der Waals surface area contributed by atoms with E-state index in [1.807, 2.05) is 0 Å². The Balaban J connectivity index is 2.19. The highest BCUT2D eigenvalue weighted by atomic mass is 35.5. The molecule has 0 aliphatic carbocycles. The van der Waals surface area contributed by atoms with Crippen molar-refractivity contribution in [2.75, 3.05) is 17.2 Å². The van der Waals surface area contributed by atoms with Crippen molar-refractivity contribution in [3.05, 3.63) is 29.3 Å². The second-order valence-electron chi connectivity index (χ2n) is 4.65. The van der Waals surface area contributed by atoms with Gasteiger partial charge in [0.05, 0.1) is 5.25 Å². The Hall–Kier alpha value is -1.20. The molecule has 0 spiro atoms. The molecule has 20 heavy (non-hydrogen) atoms. The van der Waals surface area contributed by atoms with Gasteiger partial charge < -0.3 is 10.0 Å². The maximum absolute atomic E-state index is 12.5. The summed E-state index contributed by atoms with van der Waals surface area (Å²) in [6, 6.07) is 6.67. The third-order valence-corrected chi connectivity index (χ3v) is 4.77. The predicted octanol–water partition coefficient (Wildman–Crippen LogP) is 3.04. The lowest BCUT2D eigenvalue weighted by atomic mass is 10.1. The fourth-order valence-electron chi connectivity index (χ4n) is 2.16. The summed E-state index contributed by atoms with van der Waals surface area (Å²) in [5, 5.41) is 9.44. The van der Waals surface area contributed by atoms with E-state index in [0.717, 1.165) is 25.0 Å². The number of aliphatic carboxylic acids is 1. The number of carbonyl (C=O) groups excluding carboxylic acids is 1. The van der Waals surface area contributed by atoms with Crippen LogP contribution < -0.4 is 4.90 Å². The van der Waals surface area contributed by atoms with Crippen LogP contribution in [0.3, 0.4) is 0 Å². The molecule has 0 radical (unpaired) electrons. The predicted molar refractivity (Wildman–Crippen MR) is 81.5 cm³/mol. The summed E-state index contributed by atoms with van der Waals surface area (Å²) in [6.45, 7) is -0.322. The quantitative estimate of drug-likeness (QED) is 0.928. The monoisotopic (exact) mass is 313 g/mol. The lowest BCUT2D eigenvalue weighted by Gasteiger charge is -2.28. The molecule has 1 amide bonds. The van der Waals surface area contributed by atoms with Gasteiger partial charge in [0.2, 0.25) is 5.91 Å². The maximum Gasteiger partial charge on any atom is 0.323 e. The minimum absolute atomic E-state index is 0.126. The van der Waals surface area contributed by atoms with E-state index in [9.17, 15) is 9.59 Å². The molecule has 1 atom stereocenters. The highest BCUT2D eigenvalue weighted by Crippen LogP contribution is 2.28. The molecule has 1 aromatic rings. The van der Waals surface area contributed by atoms with Crippen LogP contribution in [0.1, 0.15) is 19.3 Å². The number of thioether (sulfide) groups is 1. The van der Waals surface area contributed by atoms with Gasteiger partial charge in [0.25, 0.3) is 0 Å². The van der Waals surface area contributed by atoms with Gasteiger partial charge in [-0.05, 0) is 42.9 Å². The van der Waals surface area contributed by atoms with Gasteiger partial charge in [-0.25, -0.2) is 0 Å². The Morgan fingerprint density at radius 3 is 2.55 bits per heavy atom. The minimum atomic E-state index is -1.02. The van der Waals surface area contributed by atoms with Crippen LogP contribution in [0, 0.1) is 0 Å². The smallest absolute Gasteiger partial charge is 0.323 e. The highest BCUT2D eigenvalue weighted by molar-refractivity contribution is 8.00. The van der Waals surface area contributed by atoms with E-state index in [1.54, 1.807) is 36.0 Å². The van der Waals surface area contributed by atoms with Crippen molar-refractivity contribution < 1.29 is 14.7 Å². The van der Waals surface area contributed by atoms with Gasteiger partial charge in [-0.15, -0.1) is 11.8 Å². The number of amides is 1. The molecule has 6 heteroatoms. The molecule has 0 aromatic heterocycles. The zero-order chi connectivity index (χ0) is 14.5. The topological polar surface area (TPSA) is 57.6 Å². The van der Waals surface area contributed by atoms with Crippen molar-refractivity contribution in [1.29, 1.82) is 0 Å². The van der Waals surface area contributed by atoms with Gasteiger partial charge in [-0.2, -0.15) is 0 Å². The molecular weight excluding hydrogens is 298 g/mol. The first-order valence-corrected chi connectivity index (χ1v) is 7.91. The van der Waals surface area contributed by atoms with Gasteiger partial charge in [0, 0.05) is 10.7 Å². The number of carboxylic acid groups (broad SMARTS) is 1. The number of benzene rings is 1. The third kappa shape index (κ3) is 3.90. The van der Waals surface area contributed by atoms with Crippen LogP contribution in [0.15, 0.2) is 24.3 Å². The molecular formula is C14H16ClNO3S. The average molecular weight is 314 g/mol. The Morgan fingerprint density at radius 2 is 2.00 bits per heavy atom. The number of hydrogen-bond donors (Lipinski definition) is 1. The average Bonchev–Trinajstić information content (AvgIpc) is 2.46. The number of carboxylic acids is 1. The van der Waals surface area contributed by atoms with E-state index >= 15 is 0 Å². The van der Waals surface area contributed by atoms with Crippen LogP contribution in [-0.4, -0.2) is 34.5 Å². The van der Waals surface area contributed by atoms with Crippen LogP contribution in [0.5, 0.6) is 0 Å². The zero-order valence-electron chi connectivity index (χ0n) is 10.9. The molecule has 1 aliphatic rings. The number of nitrogens with zero attached hydrogens (tertiary/aromatic N) is 1. The maximum atomic E-state index is 12.5. The molecule has 1 aromatic carbocycles. The Labute approximate surface area is 127 Å². The van der Waals surface area contributed by atoms with Crippen molar-refractivity contribution in [2.45, 2.75) is 24.5 Å². The summed E-state index contributed by atoms with van der Waals surface area (Å²) in [5.41, 5.74) is 0.577. The minimum Gasteiger partial charge on any atom is -0.480 e. The number of rotatable bonds is 4. The van der Waals surface area contributed by atoms with Gasteiger partial charge in [0.1, 0.15) is 6.54 Å². The van der Waals surface area contributed by atoms with E-state index in [0.29, 0.717) is 10.7 Å². The van der Waals surface area contributed by atoms with Crippen molar-refractivity contribution >= 4 is 40.9 Å². The first kappa shape index (κ1) is 15.2. The standard InChI is InChI=1S/C14H16ClNO3S/c15-10-4-6-11(7-5-10)16(9-13(17)18)14(19)12-3-1-2-8-20-12/h4-7,12H,1-3,8-9H2,(H,17,18). The lowest BCUT2D eigenvalue weighted by Crippen LogP contribution is -2.42. The molecule has 1 heterocycles. The van der Waals surface area contributed by atoms with Crippen molar-refractivity contribution in [1.82, 2.24) is 0 Å². The van der Waals surface area contributed by atoms with Crippen LogP contribution in [0.2, 0.25) is 5.02 Å². The van der Waals surface area contributed by atoms with Crippen LogP contribution >= 0.6 is 23.4 Å². The second-order valence-corrected chi connectivity index (χ2v) is 6.40. The van der Waals surface area contributed by atoms with Crippen molar-refractivity contribution in [3.8, 4) is 0 Å². The Morgan fingerprint density at radius 1 is 1.30 bits per heavy atom. The number of carbonyl (C=O) groups is 2. The molecule has 1 saturated heterocycles. The van der Waals surface area contributed by atoms with Crippen LogP contribution in [0.25, 0.3) is 0 Å². The number of hydrogen-bond acceptors (Lipinski definition) is 3. The SMILES string of the molecule is O=C(O)CN(C(=O)C1CCCCS1)c1ccc(Cl)cc1. The summed E-state index contributed by atoms with van der Waals surface area (Å²) in [4.78, 5) is 24.9. The van der Waals surface area contributed by atoms with Gasteiger partial charge in [0.15, 0.2) is 0 Å². The molecule has 1 N–H and O–H groups in total. The molecule has 0 saturated carbocycles. The molecule has 2 rings (SSSR count). The highest BCUT2D eigenvalue weighted by Gasteiger charge is 2.28. The molecule has 1 unspecified atom stereocenters. The van der Waals surface area contributed by atoms with E-state index in [2.05, 4.69) is 0 Å².